The number of aryl methyl sites for hydroxylation is 1. The lowest BCUT2D eigenvalue weighted by atomic mass is 10.1. The highest BCUT2D eigenvalue weighted by Crippen LogP contribution is 2.16. The van der Waals surface area contributed by atoms with E-state index in [9.17, 15) is 0 Å². The SMILES string of the molecule is Cc1nn(Cc2ccsc2)c(C)c1CCN. The maximum absolute atomic E-state index is 5.61. The molecule has 0 amide bonds. The van der Waals surface area contributed by atoms with Crippen LogP contribution in [0.4, 0.5) is 0 Å². The third-order valence-electron chi connectivity index (χ3n) is 2.84. The normalized spacial score (nSPS) is 10.9. The second-order valence-electron chi connectivity index (χ2n) is 3.98. The minimum atomic E-state index is 0.686. The molecule has 0 unspecified atom stereocenters. The molecule has 2 heterocycles. The van der Waals surface area contributed by atoms with Crippen LogP contribution in [0, 0.1) is 13.8 Å². The van der Waals surface area contributed by atoms with Crippen LogP contribution >= 0.6 is 11.3 Å². The molecule has 3 nitrogen and oxygen atoms in total. The van der Waals surface area contributed by atoms with Crippen molar-refractivity contribution < 1.29 is 0 Å². The van der Waals surface area contributed by atoms with Crippen LogP contribution in [-0.4, -0.2) is 16.3 Å². The average molecular weight is 235 g/mol. The fourth-order valence-electron chi connectivity index (χ4n) is 1.95. The summed E-state index contributed by atoms with van der Waals surface area (Å²) in [6, 6.07) is 2.14. The zero-order valence-electron chi connectivity index (χ0n) is 9.73. The number of hydrogen-bond acceptors (Lipinski definition) is 3. The van der Waals surface area contributed by atoms with Crippen molar-refractivity contribution in [3.8, 4) is 0 Å². The Morgan fingerprint density at radius 1 is 1.44 bits per heavy atom. The molecule has 0 aliphatic carbocycles. The van der Waals surface area contributed by atoms with Crippen molar-refractivity contribution >= 4 is 11.3 Å². The van der Waals surface area contributed by atoms with Crippen LogP contribution in [0.5, 0.6) is 0 Å². The van der Waals surface area contributed by atoms with Gasteiger partial charge in [-0.05, 0) is 54.8 Å². The molecule has 86 valence electrons. The lowest BCUT2D eigenvalue weighted by Crippen LogP contribution is -2.06. The minimum Gasteiger partial charge on any atom is -0.330 e. The molecule has 0 bridgehead atoms. The standard InChI is InChI=1S/C12H17N3S/c1-9-12(3-5-13)10(2)15(14-9)7-11-4-6-16-8-11/h4,6,8H,3,5,7,13H2,1-2H3. The van der Waals surface area contributed by atoms with Gasteiger partial charge in [-0.1, -0.05) is 0 Å². The molecule has 16 heavy (non-hydrogen) atoms. The Labute approximate surface area is 99.9 Å². The predicted molar refractivity (Wildman–Crippen MR) is 67.9 cm³/mol. The molecular formula is C12H17N3S. The summed E-state index contributed by atoms with van der Waals surface area (Å²) < 4.78 is 2.07. The van der Waals surface area contributed by atoms with Crippen LogP contribution in [0.1, 0.15) is 22.5 Å². The quantitative estimate of drug-likeness (QED) is 0.882. The second-order valence-corrected chi connectivity index (χ2v) is 4.76. The van der Waals surface area contributed by atoms with Crippen LogP contribution < -0.4 is 5.73 Å². The van der Waals surface area contributed by atoms with Gasteiger partial charge in [0.2, 0.25) is 0 Å². The summed E-state index contributed by atoms with van der Waals surface area (Å²) in [5.41, 5.74) is 10.6. The summed E-state index contributed by atoms with van der Waals surface area (Å²) in [4.78, 5) is 0. The van der Waals surface area contributed by atoms with E-state index in [-0.39, 0.29) is 0 Å². The summed E-state index contributed by atoms with van der Waals surface area (Å²) in [6.07, 6.45) is 0.918. The largest absolute Gasteiger partial charge is 0.330 e. The average Bonchev–Trinajstić information content (AvgIpc) is 2.84. The van der Waals surface area contributed by atoms with Gasteiger partial charge in [0, 0.05) is 5.69 Å². The van der Waals surface area contributed by atoms with E-state index in [2.05, 4.69) is 40.5 Å². The molecule has 0 saturated carbocycles. The summed E-state index contributed by atoms with van der Waals surface area (Å²) >= 11 is 1.72. The van der Waals surface area contributed by atoms with E-state index in [1.165, 1.54) is 16.8 Å². The Bertz CT molecular complexity index is 457. The van der Waals surface area contributed by atoms with Gasteiger partial charge in [-0.15, -0.1) is 0 Å². The van der Waals surface area contributed by atoms with Gasteiger partial charge in [-0.25, -0.2) is 0 Å². The van der Waals surface area contributed by atoms with Gasteiger partial charge in [0.1, 0.15) is 0 Å². The lowest BCUT2D eigenvalue weighted by molar-refractivity contribution is 0.659. The Morgan fingerprint density at radius 2 is 2.25 bits per heavy atom. The van der Waals surface area contributed by atoms with Gasteiger partial charge in [0.15, 0.2) is 0 Å². The van der Waals surface area contributed by atoms with Crippen LogP contribution in [0.2, 0.25) is 0 Å². The van der Waals surface area contributed by atoms with Crippen molar-refractivity contribution in [2.24, 2.45) is 5.73 Å². The van der Waals surface area contributed by atoms with Gasteiger partial charge >= 0.3 is 0 Å². The molecule has 2 N–H and O–H groups in total. The molecule has 2 aromatic heterocycles. The lowest BCUT2D eigenvalue weighted by Gasteiger charge is -2.03. The summed E-state index contributed by atoms with van der Waals surface area (Å²) in [5.74, 6) is 0. The highest BCUT2D eigenvalue weighted by Gasteiger charge is 2.10. The van der Waals surface area contributed by atoms with E-state index < -0.39 is 0 Å². The molecule has 0 atom stereocenters. The molecule has 0 aliphatic rings. The molecule has 0 spiro atoms. The first kappa shape index (κ1) is 11.4. The van der Waals surface area contributed by atoms with Gasteiger partial charge in [-0.3, -0.25) is 4.68 Å². The van der Waals surface area contributed by atoms with Crippen LogP contribution in [0.25, 0.3) is 0 Å². The first-order chi connectivity index (χ1) is 7.72. The van der Waals surface area contributed by atoms with E-state index in [1.54, 1.807) is 11.3 Å². The number of hydrogen-bond donors (Lipinski definition) is 1. The van der Waals surface area contributed by atoms with E-state index in [4.69, 9.17) is 5.73 Å². The van der Waals surface area contributed by atoms with Crippen molar-refractivity contribution in [2.45, 2.75) is 26.8 Å². The molecule has 0 aliphatic heterocycles. The Hall–Kier alpha value is -1.13. The van der Waals surface area contributed by atoms with Crippen molar-refractivity contribution in [2.75, 3.05) is 6.54 Å². The molecule has 0 aromatic carbocycles. The summed E-state index contributed by atoms with van der Waals surface area (Å²) in [5, 5.41) is 8.83. The maximum atomic E-state index is 5.61. The number of nitrogens with two attached hydrogens (primary N) is 1. The topological polar surface area (TPSA) is 43.8 Å². The van der Waals surface area contributed by atoms with Crippen LogP contribution in [-0.2, 0) is 13.0 Å². The molecular weight excluding hydrogens is 218 g/mol. The highest BCUT2D eigenvalue weighted by atomic mass is 32.1. The van der Waals surface area contributed by atoms with E-state index in [0.29, 0.717) is 6.54 Å². The number of rotatable bonds is 4. The van der Waals surface area contributed by atoms with Crippen molar-refractivity contribution in [1.29, 1.82) is 0 Å². The number of nitrogens with zero attached hydrogens (tertiary/aromatic N) is 2. The second kappa shape index (κ2) is 4.80. The Kier molecular flexibility index (Phi) is 3.41. The van der Waals surface area contributed by atoms with Crippen LogP contribution in [0.3, 0.4) is 0 Å². The van der Waals surface area contributed by atoms with E-state index in [1.807, 2.05) is 0 Å². The Morgan fingerprint density at radius 3 is 2.88 bits per heavy atom. The molecule has 0 saturated heterocycles. The number of thiophene rings is 1. The molecule has 2 rings (SSSR count). The number of aromatic nitrogens is 2. The van der Waals surface area contributed by atoms with Crippen molar-refractivity contribution in [3.63, 3.8) is 0 Å². The van der Waals surface area contributed by atoms with E-state index in [0.717, 1.165) is 18.7 Å². The van der Waals surface area contributed by atoms with Gasteiger partial charge < -0.3 is 5.73 Å². The van der Waals surface area contributed by atoms with Crippen molar-refractivity contribution in [1.82, 2.24) is 9.78 Å². The van der Waals surface area contributed by atoms with Crippen LogP contribution in [0.15, 0.2) is 16.8 Å². The monoisotopic (exact) mass is 235 g/mol. The van der Waals surface area contributed by atoms with E-state index >= 15 is 0 Å². The predicted octanol–water partition coefficient (Wildman–Crippen LogP) is 2.11. The summed E-state index contributed by atoms with van der Waals surface area (Å²) in [7, 11) is 0. The molecule has 4 heteroatoms. The third-order valence-corrected chi connectivity index (χ3v) is 3.57. The van der Waals surface area contributed by atoms with Gasteiger partial charge in [0.25, 0.3) is 0 Å². The highest BCUT2D eigenvalue weighted by molar-refractivity contribution is 7.07. The zero-order valence-corrected chi connectivity index (χ0v) is 10.5. The first-order valence-corrected chi connectivity index (χ1v) is 6.40. The third kappa shape index (κ3) is 2.18. The summed E-state index contributed by atoms with van der Waals surface area (Å²) in [6.45, 7) is 5.73. The molecule has 0 radical (unpaired) electrons. The first-order valence-electron chi connectivity index (χ1n) is 5.46. The minimum absolute atomic E-state index is 0.686. The fourth-order valence-corrected chi connectivity index (χ4v) is 2.61. The van der Waals surface area contributed by atoms with Gasteiger partial charge in [0.05, 0.1) is 12.2 Å². The molecule has 0 fully saturated rings. The zero-order chi connectivity index (χ0) is 11.5. The fraction of sp³-hybridized carbons (Fsp3) is 0.417. The van der Waals surface area contributed by atoms with Crippen molar-refractivity contribution in [3.05, 3.63) is 39.3 Å². The molecule has 2 aromatic rings. The maximum Gasteiger partial charge on any atom is 0.0670 e. The Balaban J connectivity index is 2.25. The smallest absolute Gasteiger partial charge is 0.0670 e. The van der Waals surface area contributed by atoms with Gasteiger partial charge in [-0.2, -0.15) is 16.4 Å².